The van der Waals surface area contributed by atoms with Crippen molar-refractivity contribution in [1.82, 2.24) is 4.98 Å². The number of rotatable bonds is 4. The van der Waals surface area contributed by atoms with Gasteiger partial charge in [-0.25, -0.2) is 9.18 Å². The minimum absolute atomic E-state index is 0.0137. The van der Waals surface area contributed by atoms with Crippen LogP contribution in [0.2, 0.25) is 5.02 Å². The molecule has 1 N–H and O–H groups in total. The molecule has 3 aromatic rings. The van der Waals surface area contributed by atoms with Crippen LogP contribution in [0.1, 0.15) is 20.7 Å². The number of hydrogen-bond acceptors (Lipinski definition) is 3. The Balaban J connectivity index is 1.72. The van der Waals surface area contributed by atoms with Gasteiger partial charge in [0.25, 0.3) is 0 Å². The Labute approximate surface area is 135 Å². The van der Waals surface area contributed by atoms with Crippen LogP contribution in [0.5, 0.6) is 0 Å². The molecule has 0 radical (unpaired) electrons. The first-order valence-corrected chi connectivity index (χ1v) is 7.15. The van der Waals surface area contributed by atoms with Gasteiger partial charge in [-0.15, -0.1) is 0 Å². The summed E-state index contributed by atoms with van der Waals surface area (Å²) in [5.41, 5.74) is 1.28. The zero-order valence-electron chi connectivity index (χ0n) is 11.8. The van der Waals surface area contributed by atoms with Gasteiger partial charge >= 0.3 is 5.97 Å². The van der Waals surface area contributed by atoms with Crippen LogP contribution in [0.15, 0.2) is 48.7 Å². The number of benzene rings is 2. The number of ketones is 1. The predicted molar refractivity (Wildman–Crippen MR) is 84.3 cm³/mol. The lowest BCUT2D eigenvalue weighted by Crippen LogP contribution is -2.14. The highest BCUT2D eigenvalue weighted by atomic mass is 35.5. The van der Waals surface area contributed by atoms with E-state index in [4.69, 9.17) is 16.3 Å². The lowest BCUT2D eigenvalue weighted by molar-refractivity contribution is 0.0475. The fourth-order valence-electron chi connectivity index (χ4n) is 2.24. The summed E-state index contributed by atoms with van der Waals surface area (Å²) in [5.74, 6) is -1.67. The van der Waals surface area contributed by atoms with Gasteiger partial charge in [0.2, 0.25) is 5.78 Å². The SMILES string of the molecule is O=C(OCC(=O)c1c[nH]c2ccccc12)c1ccc(F)cc1Cl. The topological polar surface area (TPSA) is 59.2 Å². The zero-order chi connectivity index (χ0) is 16.4. The first-order valence-electron chi connectivity index (χ1n) is 6.78. The third-order valence-corrected chi connectivity index (χ3v) is 3.69. The van der Waals surface area contributed by atoms with Crippen LogP contribution < -0.4 is 0 Å². The van der Waals surface area contributed by atoms with Gasteiger partial charge in [-0.2, -0.15) is 0 Å². The second kappa shape index (κ2) is 6.22. The average Bonchev–Trinajstić information content (AvgIpc) is 2.96. The molecule has 0 aliphatic heterocycles. The summed E-state index contributed by atoms with van der Waals surface area (Å²) in [6, 6.07) is 10.6. The number of esters is 1. The van der Waals surface area contributed by atoms with Gasteiger partial charge in [-0.05, 0) is 24.3 Å². The number of aromatic nitrogens is 1. The Morgan fingerprint density at radius 3 is 2.70 bits per heavy atom. The Bertz CT molecular complexity index is 904. The number of H-pyrrole nitrogens is 1. The normalized spacial score (nSPS) is 10.7. The molecule has 23 heavy (non-hydrogen) atoms. The number of Topliss-reactive ketones (excluding diaryl/α,β-unsaturated/α-hetero) is 1. The van der Waals surface area contributed by atoms with Crippen molar-refractivity contribution in [1.29, 1.82) is 0 Å². The number of halogens is 2. The largest absolute Gasteiger partial charge is 0.454 e. The molecule has 1 aromatic heterocycles. The molecular weight excluding hydrogens is 321 g/mol. The summed E-state index contributed by atoms with van der Waals surface area (Å²) in [6.45, 7) is -0.422. The molecule has 0 aliphatic carbocycles. The molecule has 0 bridgehead atoms. The summed E-state index contributed by atoms with van der Waals surface area (Å²) >= 11 is 5.79. The Morgan fingerprint density at radius 2 is 1.91 bits per heavy atom. The predicted octanol–water partition coefficient (Wildman–Crippen LogP) is 4.00. The van der Waals surface area contributed by atoms with Crippen molar-refractivity contribution >= 4 is 34.3 Å². The summed E-state index contributed by atoms with van der Waals surface area (Å²) in [6.07, 6.45) is 1.58. The number of carbonyl (C=O) groups is 2. The molecule has 0 aliphatic rings. The first kappa shape index (κ1) is 15.2. The van der Waals surface area contributed by atoms with Crippen molar-refractivity contribution in [2.24, 2.45) is 0 Å². The third-order valence-electron chi connectivity index (χ3n) is 3.38. The maximum Gasteiger partial charge on any atom is 0.340 e. The Kier molecular flexibility index (Phi) is 4.12. The number of ether oxygens (including phenoxy) is 1. The van der Waals surface area contributed by atoms with E-state index < -0.39 is 18.4 Å². The number of nitrogens with one attached hydrogen (secondary N) is 1. The number of para-hydroxylation sites is 1. The fraction of sp³-hybridized carbons (Fsp3) is 0.0588. The molecule has 0 spiro atoms. The molecule has 116 valence electrons. The lowest BCUT2D eigenvalue weighted by Gasteiger charge is -2.05. The highest BCUT2D eigenvalue weighted by molar-refractivity contribution is 6.33. The van der Waals surface area contributed by atoms with E-state index in [0.29, 0.717) is 5.56 Å². The molecule has 2 aromatic carbocycles. The van der Waals surface area contributed by atoms with Crippen molar-refractivity contribution in [3.05, 3.63) is 70.6 Å². The van der Waals surface area contributed by atoms with Crippen molar-refractivity contribution in [2.75, 3.05) is 6.61 Å². The van der Waals surface area contributed by atoms with Crippen LogP contribution in [0.25, 0.3) is 10.9 Å². The van der Waals surface area contributed by atoms with E-state index >= 15 is 0 Å². The number of aromatic amines is 1. The van der Waals surface area contributed by atoms with Crippen LogP contribution >= 0.6 is 11.6 Å². The van der Waals surface area contributed by atoms with E-state index in [9.17, 15) is 14.0 Å². The number of carbonyl (C=O) groups excluding carboxylic acids is 2. The van der Waals surface area contributed by atoms with Crippen molar-refractivity contribution in [3.63, 3.8) is 0 Å². The van der Waals surface area contributed by atoms with Gasteiger partial charge in [0.1, 0.15) is 5.82 Å². The van der Waals surface area contributed by atoms with E-state index in [0.717, 1.165) is 23.0 Å². The second-order valence-electron chi connectivity index (χ2n) is 4.87. The quantitative estimate of drug-likeness (QED) is 0.580. The van der Waals surface area contributed by atoms with Crippen LogP contribution in [0.3, 0.4) is 0 Å². The third kappa shape index (κ3) is 3.10. The lowest BCUT2D eigenvalue weighted by atomic mass is 10.1. The van der Waals surface area contributed by atoms with Gasteiger partial charge in [-0.1, -0.05) is 29.8 Å². The standard InChI is InChI=1S/C17H11ClFNO3/c18-14-7-10(19)5-6-12(14)17(22)23-9-16(21)13-8-20-15-4-2-1-3-11(13)15/h1-8,20H,9H2. The minimum Gasteiger partial charge on any atom is -0.454 e. The number of hydrogen-bond donors (Lipinski definition) is 1. The number of fused-ring (bicyclic) bond motifs is 1. The van der Waals surface area contributed by atoms with Gasteiger partial charge < -0.3 is 9.72 Å². The van der Waals surface area contributed by atoms with E-state index in [-0.39, 0.29) is 16.4 Å². The maximum absolute atomic E-state index is 13.0. The molecule has 0 amide bonds. The summed E-state index contributed by atoms with van der Waals surface area (Å²) in [7, 11) is 0. The Morgan fingerprint density at radius 1 is 1.13 bits per heavy atom. The van der Waals surface area contributed by atoms with Crippen molar-refractivity contribution in [3.8, 4) is 0 Å². The average molecular weight is 332 g/mol. The highest BCUT2D eigenvalue weighted by Crippen LogP contribution is 2.20. The Hall–Kier alpha value is -2.66. The van der Waals surface area contributed by atoms with Crippen LogP contribution in [-0.2, 0) is 4.74 Å². The molecule has 0 atom stereocenters. The van der Waals surface area contributed by atoms with E-state index in [2.05, 4.69) is 4.98 Å². The van der Waals surface area contributed by atoms with Crippen LogP contribution in [0, 0.1) is 5.82 Å². The maximum atomic E-state index is 13.0. The zero-order valence-corrected chi connectivity index (χ0v) is 12.6. The van der Waals surface area contributed by atoms with Crippen LogP contribution in [0.4, 0.5) is 4.39 Å². The summed E-state index contributed by atoms with van der Waals surface area (Å²) in [4.78, 5) is 27.1. The molecule has 0 saturated carbocycles. The molecule has 0 unspecified atom stereocenters. The van der Waals surface area contributed by atoms with Gasteiger partial charge in [0.15, 0.2) is 6.61 Å². The van der Waals surface area contributed by atoms with Crippen molar-refractivity contribution < 1.29 is 18.7 Å². The van der Waals surface area contributed by atoms with Crippen LogP contribution in [-0.4, -0.2) is 23.3 Å². The van der Waals surface area contributed by atoms with Crippen molar-refractivity contribution in [2.45, 2.75) is 0 Å². The first-order chi connectivity index (χ1) is 11.1. The summed E-state index contributed by atoms with van der Waals surface area (Å²) in [5, 5.41) is 0.697. The molecule has 6 heteroatoms. The van der Waals surface area contributed by atoms with E-state index in [1.54, 1.807) is 12.3 Å². The minimum atomic E-state index is -0.775. The second-order valence-corrected chi connectivity index (χ2v) is 5.28. The molecule has 3 rings (SSSR count). The van der Waals surface area contributed by atoms with Gasteiger partial charge in [-0.3, -0.25) is 4.79 Å². The van der Waals surface area contributed by atoms with Gasteiger partial charge in [0.05, 0.1) is 10.6 Å². The van der Waals surface area contributed by atoms with E-state index in [1.807, 2.05) is 18.2 Å². The summed E-state index contributed by atoms with van der Waals surface area (Å²) < 4.78 is 17.9. The monoisotopic (exact) mass is 331 g/mol. The smallest absolute Gasteiger partial charge is 0.340 e. The fourth-order valence-corrected chi connectivity index (χ4v) is 2.49. The molecule has 1 heterocycles. The molecular formula is C17H11ClFNO3. The molecule has 0 fully saturated rings. The molecule has 4 nitrogen and oxygen atoms in total. The van der Waals surface area contributed by atoms with E-state index in [1.165, 1.54) is 6.07 Å². The molecule has 0 saturated heterocycles. The van der Waals surface area contributed by atoms with Gasteiger partial charge in [0, 0.05) is 22.7 Å². The highest BCUT2D eigenvalue weighted by Gasteiger charge is 2.17.